The second kappa shape index (κ2) is 6.72. The first-order chi connectivity index (χ1) is 9.52. The number of hydrogen-bond donors (Lipinski definition) is 1. The fourth-order valence-corrected chi connectivity index (χ4v) is 2.92. The topological polar surface area (TPSA) is 44.3 Å². The lowest BCUT2D eigenvalue weighted by atomic mass is 10.1. The van der Waals surface area contributed by atoms with Crippen molar-refractivity contribution in [3.63, 3.8) is 0 Å². The van der Waals surface area contributed by atoms with Crippen molar-refractivity contribution in [2.24, 2.45) is 0 Å². The Morgan fingerprint density at radius 2 is 2.00 bits per heavy atom. The molecule has 1 fully saturated rings. The molecule has 0 amide bonds. The third-order valence-corrected chi connectivity index (χ3v) is 4.48. The summed E-state index contributed by atoms with van der Waals surface area (Å²) in [5.74, 6) is 1.70. The van der Waals surface area contributed by atoms with Crippen molar-refractivity contribution in [1.29, 1.82) is 0 Å². The molecule has 1 saturated heterocycles. The molecule has 1 aliphatic rings. The average Bonchev–Trinajstić information content (AvgIpc) is 2.43. The van der Waals surface area contributed by atoms with Crippen LogP contribution in [0.15, 0.2) is 10.7 Å². The van der Waals surface area contributed by atoms with Crippen molar-refractivity contribution in [2.45, 2.75) is 39.3 Å². The molecule has 0 spiro atoms. The summed E-state index contributed by atoms with van der Waals surface area (Å²) in [6.45, 7) is 9.53. The van der Waals surface area contributed by atoms with Crippen LogP contribution >= 0.6 is 15.9 Å². The van der Waals surface area contributed by atoms with Crippen LogP contribution in [0.2, 0.25) is 0 Å². The van der Waals surface area contributed by atoms with Crippen LogP contribution in [-0.4, -0.2) is 53.6 Å². The highest BCUT2D eigenvalue weighted by Crippen LogP contribution is 2.27. The summed E-state index contributed by atoms with van der Waals surface area (Å²) in [6.07, 6.45) is 2.91. The van der Waals surface area contributed by atoms with Crippen molar-refractivity contribution < 1.29 is 0 Å². The number of nitrogens with zero attached hydrogens (tertiary/aromatic N) is 4. The van der Waals surface area contributed by atoms with E-state index < -0.39 is 0 Å². The van der Waals surface area contributed by atoms with Gasteiger partial charge in [-0.25, -0.2) is 4.98 Å². The molecule has 1 aliphatic heterocycles. The first-order valence-electron chi connectivity index (χ1n) is 7.26. The van der Waals surface area contributed by atoms with Gasteiger partial charge >= 0.3 is 0 Å². The highest BCUT2D eigenvalue weighted by Gasteiger charge is 2.28. The molecule has 2 rings (SSSR count). The molecular formula is C14H24BrN5. The van der Waals surface area contributed by atoms with Crippen LogP contribution in [0.1, 0.15) is 27.2 Å². The molecule has 1 N–H and O–H groups in total. The molecule has 2 unspecified atom stereocenters. The highest BCUT2D eigenvalue weighted by atomic mass is 79.9. The van der Waals surface area contributed by atoms with E-state index >= 15 is 0 Å². The Kier molecular flexibility index (Phi) is 5.21. The van der Waals surface area contributed by atoms with E-state index in [0.717, 1.165) is 36.3 Å². The van der Waals surface area contributed by atoms with E-state index in [2.05, 4.69) is 68.8 Å². The minimum atomic E-state index is 0.521. The van der Waals surface area contributed by atoms with Gasteiger partial charge in [0.15, 0.2) is 0 Å². The molecule has 1 aromatic rings. The maximum atomic E-state index is 4.67. The molecule has 0 saturated carbocycles. The Morgan fingerprint density at radius 1 is 1.35 bits per heavy atom. The van der Waals surface area contributed by atoms with E-state index in [9.17, 15) is 0 Å². The van der Waals surface area contributed by atoms with Crippen LogP contribution in [0.25, 0.3) is 0 Å². The number of rotatable bonds is 4. The van der Waals surface area contributed by atoms with Gasteiger partial charge in [-0.1, -0.05) is 6.92 Å². The number of aromatic nitrogens is 2. The van der Waals surface area contributed by atoms with Crippen molar-refractivity contribution in [1.82, 2.24) is 14.9 Å². The van der Waals surface area contributed by atoms with Gasteiger partial charge < -0.3 is 10.2 Å². The number of likely N-dealkylation sites (N-methyl/N-ethyl adjacent to an activating group) is 1. The summed E-state index contributed by atoms with van der Waals surface area (Å²) in [5.41, 5.74) is 0. The van der Waals surface area contributed by atoms with E-state index in [0.29, 0.717) is 18.0 Å². The van der Waals surface area contributed by atoms with Crippen LogP contribution < -0.4 is 10.2 Å². The molecule has 0 aliphatic carbocycles. The molecule has 5 nitrogen and oxygen atoms in total. The van der Waals surface area contributed by atoms with Gasteiger partial charge in [0, 0.05) is 37.9 Å². The zero-order valence-electron chi connectivity index (χ0n) is 12.7. The van der Waals surface area contributed by atoms with Gasteiger partial charge in [-0.2, -0.15) is 4.98 Å². The maximum absolute atomic E-state index is 4.67. The summed E-state index contributed by atoms with van der Waals surface area (Å²) in [5, 5.41) is 3.25. The monoisotopic (exact) mass is 341 g/mol. The lowest BCUT2D eigenvalue weighted by molar-refractivity contribution is 0.169. The van der Waals surface area contributed by atoms with E-state index in [1.54, 1.807) is 0 Å². The quantitative estimate of drug-likeness (QED) is 0.911. The van der Waals surface area contributed by atoms with Crippen LogP contribution in [0, 0.1) is 0 Å². The van der Waals surface area contributed by atoms with Gasteiger partial charge in [0.25, 0.3) is 0 Å². The van der Waals surface area contributed by atoms with E-state index in [-0.39, 0.29) is 0 Å². The number of hydrogen-bond acceptors (Lipinski definition) is 5. The Balaban J connectivity index is 2.18. The van der Waals surface area contributed by atoms with Gasteiger partial charge in [-0.3, -0.25) is 4.90 Å². The lowest BCUT2D eigenvalue weighted by Crippen LogP contribution is -2.55. The second-order valence-corrected chi connectivity index (χ2v) is 6.41. The first-order valence-corrected chi connectivity index (χ1v) is 8.05. The van der Waals surface area contributed by atoms with Gasteiger partial charge in [-0.15, -0.1) is 0 Å². The van der Waals surface area contributed by atoms with Crippen LogP contribution in [0.3, 0.4) is 0 Å². The summed E-state index contributed by atoms with van der Waals surface area (Å²) < 4.78 is 0.962. The lowest BCUT2D eigenvalue weighted by Gasteiger charge is -2.43. The smallest absolute Gasteiger partial charge is 0.224 e. The predicted octanol–water partition coefficient (Wildman–Crippen LogP) is 2.59. The van der Waals surface area contributed by atoms with Crippen molar-refractivity contribution in [3.8, 4) is 0 Å². The Morgan fingerprint density at radius 3 is 2.60 bits per heavy atom. The third-order valence-electron chi connectivity index (χ3n) is 3.92. The summed E-state index contributed by atoms with van der Waals surface area (Å²) in [6, 6.07) is 1.04. The molecule has 112 valence electrons. The maximum Gasteiger partial charge on any atom is 0.224 e. The zero-order valence-corrected chi connectivity index (χ0v) is 14.3. The highest BCUT2D eigenvalue weighted by molar-refractivity contribution is 9.10. The van der Waals surface area contributed by atoms with E-state index in [4.69, 9.17) is 0 Å². The average molecular weight is 342 g/mol. The predicted molar refractivity (Wildman–Crippen MR) is 87.4 cm³/mol. The van der Waals surface area contributed by atoms with Crippen molar-refractivity contribution >= 4 is 27.7 Å². The summed E-state index contributed by atoms with van der Waals surface area (Å²) in [7, 11) is 2.19. The number of piperazine rings is 1. The largest absolute Gasteiger partial charge is 0.354 e. The molecule has 0 bridgehead atoms. The SMILES string of the molecule is CCCNc1ncc(Br)c(N2CC(C)N(C)C(C)C2)n1. The van der Waals surface area contributed by atoms with Crippen LogP contribution in [0.5, 0.6) is 0 Å². The second-order valence-electron chi connectivity index (χ2n) is 5.56. The normalized spacial score (nSPS) is 23.9. The van der Waals surface area contributed by atoms with E-state index in [1.807, 2.05) is 6.20 Å². The molecule has 2 atom stereocenters. The Hall–Kier alpha value is -0.880. The molecule has 6 heteroatoms. The van der Waals surface area contributed by atoms with Crippen molar-refractivity contribution in [3.05, 3.63) is 10.7 Å². The molecular weight excluding hydrogens is 318 g/mol. The fourth-order valence-electron chi connectivity index (χ4n) is 2.48. The van der Waals surface area contributed by atoms with Gasteiger partial charge in [-0.05, 0) is 43.2 Å². The van der Waals surface area contributed by atoms with E-state index in [1.165, 1.54) is 0 Å². The number of anilines is 2. The molecule has 1 aromatic heterocycles. The minimum Gasteiger partial charge on any atom is -0.354 e. The summed E-state index contributed by atoms with van der Waals surface area (Å²) >= 11 is 3.58. The molecule has 20 heavy (non-hydrogen) atoms. The van der Waals surface area contributed by atoms with Gasteiger partial charge in [0.05, 0.1) is 4.47 Å². The standard InChI is InChI=1S/C14H24BrN5/c1-5-6-16-14-17-7-12(15)13(18-14)20-8-10(2)19(4)11(3)9-20/h7,10-11H,5-6,8-9H2,1-4H3,(H,16,17,18). The molecule has 2 heterocycles. The number of halogens is 1. The van der Waals surface area contributed by atoms with Gasteiger partial charge in [0.2, 0.25) is 5.95 Å². The fraction of sp³-hybridized carbons (Fsp3) is 0.714. The third kappa shape index (κ3) is 3.41. The van der Waals surface area contributed by atoms with Crippen LogP contribution in [-0.2, 0) is 0 Å². The van der Waals surface area contributed by atoms with Crippen LogP contribution in [0.4, 0.5) is 11.8 Å². The molecule has 0 radical (unpaired) electrons. The molecule has 0 aromatic carbocycles. The van der Waals surface area contributed by atoms with Gasteiger partial charge in [0.1, 0.15) is 5.82 Å². The Labute approximate surface area is 129 Å². The Bertz CT molecular complexity index is 441. The minimum absolute atomic E-state index is 0.521. The van der Waals surface area contributed by atoms with Crippen molar-refractivity contribution in [2.75, 3.05) is 36.9 Å². The number of nitrogens with one attached hydrogen (secondary N) is 1. The zero-order chi connectivity index (χ0) is 14.7. The summed E-state index contributed by atoms with van der Waals surface area (Å²) in [4.78, 5) is 13.7. The first kappa shape index (κ1) is 15.5.